The van der Waals surface area contributed by atoms with Gasteiger partial charge in [-0.05, 0) is 43.7 Å². The normalized spacial score (nSPS) is 11.6. The van der Waals surface area contributed by atoms with Crippen LogP contribution in [0.1, 0.15) is 11.3 Å². The Morgan fingerprint density at radius 2 is 1.83 bits per heavy atom. The lowest BCUT2D eigenvalue weighted by atomic mass is 10.2. The minimum atomic E-state index is -4.00. The number of aryl methyl sites for hydroxylation is 2. The Morgan fingerprint density at radius 3 is 2.61 bits per heavy atom. The van der Waals surface area contributed by atoms with Gasteiger partial charge >= 0.3 is 10.1 Å². The van der Waals surface area contributed by atoms with Crippen LogP contribution in [0.5, 0.6) is 5.75 Å². The van der Waals surface area contributed by atoms with E-state index in [4.69, 9.17) is 15.8 Å². The minimum absolute atomic E-state index is 0.0506. The third-order valence-corrected chi connectivity index (χ3v) is 5.05. The number of aromatic nitrogens is 1. The van der Waals surface area contributed by atoms with Crippen molar-refractivity contribution in [2.24, 2.45) is 0 Å². The van der Waals surface area contributed by atoms with E-state index in [0.717, 1.165) is 11.1 Å². The van der Waals surface area contributed by atoms with Gasteiger partial charge in [0.05, 0.1) is 0 Å². The second-order valence-electron chi connectivity index (χ2n) is 5.23. The van der Waals surface area contributed by atoms with Gasteiger partial charge in [-0.2, -0.15) is 8.42 Å². The molecule has 1 aromatic heterocycles. The predicted molar refractivity (Wildman–Crippen MR) is 90.5 cm³/mol. The molecule has 3 rings (SSSR count). The second kappa shape index (κ2) is 5.83. The van der Waals surface area contributed by atoms with E-state index >= 15 is 0 Å². The van der Waals surface area contributed by atoms with E-state index in [9.17, 15) is 8.42 Å². The Morgan fingerprint density at radius 1 is 1.04 bits per heavy atom. The van der Waals surface area contributed by atoms with Crippen LogP contribution in [-0.2, 0) is 10.1 Å². The maximum Gasteiger partial charge on any atom is 0.339 e. The molecule has 0 spiro atoms. The monoisotopic (exact) mass is 347 g/mol. The summed E-state index contributed by atoms with van der Waals surface area (Å²) in [6.07, 6.45) is 0. The van der Waals surface area contributed by atoms with Crippen LogP contribution < -0.4 is 4.18 Å². The van der Waals surface area contributed by atoms with Gasteiger partial charge in [-0.15, -0.1) is 0 Å². The standard InChI is InChI=1S/C17H14ClNO3S/c1-11-6-9-14(18)10-16(11)23(20,21)22-15-5-3-4-13-8-7-12(2)19-17(13)15/h3-10H,1-2H3. The van der Waals surface area contributed by atoms with Crippen molar-refractivity contribution >= 4 is 32.6 Å². The van der Waals surface area contributed by atoms with E-state index in [1.165, 1.54) is 6.07 Å². The summed E-state index contributed by atoms with van der Waals surface area (Å²) in [5.74, 6) is 0.200. The van der Waals surface area contributed by atoms with E-state index in [1.807, 2.05) is 25.1 Å². The number of benzene rings is 2. The summed E-state index contributed by atoms with van der Waals surface area (Å²) in [6, 6.07) is 13.6. The maximum absolute atomic E-state index is 12.6. The largest absolute Gasteiger partial charge is 0.377 e. The number of fused-ring (bicyclic) bond motifs is 1. The molecule has 0 radical (unpaired) electrons. The molecule has 0 unspecified atom stereocenters. The van der Waals surface area contributed by atoms with Gasteiger partial charge in [0.25, 0.3) is 0 Å². The highest BCUT2D eigenvalue weighted by Gasteiger charge is 2.21. The summed E-state index contributed by atoms with van der Waals surface area (Å²) in [5, 5.41) is 1.15. The molecule has 2 aromatic carbocycles. The molecule has 0 saturated carbocycles. The summed E-state index contributed by atoms with van der Waals surface area (Å²) in [5.41, 5.74) is 1.86. The molecule has 4 nitrogen and oxygen atoms in total. The zero-order valence-corrected chi connectivity index (χ0v) is 14.1. The van der Waals surface area contributed by atoms with Crippen molar-refractivity contribution in [2.45, 2.75) is 18.7 Å². The molecule has 0 saturated heterocycles. The van der Waals surface area contributed by atoms with Crippen molar-refractivity contribution in [3.8, 4) is 5.75 Å². The third-order valence-electron chi connectivity index (χ3n) is 3.44. The molecular weight excluding hydrogens is 334 g/mol. The summed E-state index contributed by atoms with van der Waals surface area (Å²) in [6.45, 7) is 3.53. The fourth-order valence-corrected chi connectivity index (χ4v) is 3.72. The van der Waals surface area contributed by atoms with Crippen molar-refractivity contribution in [1.29, 1.82) is 0 Å². The number of pyridine rings is 1. The molecule has 0 amide bonds. The number of nitrogens with zero attached hydrogens (tertiary/aromatic N) is 1. The van der Waals surface area contributed by atoms with Crippen LogP contribution in [0.2, 0.25) is 5.02 Å². The van der Waals surface area contributed by atoms with Gasteiger partial charge in [0.1, 0.15) is 10.4 Å². The SMILES string of the molecule is Cc1ccc2cccc(OS(=O)(=O)c3cc(Cl)ccc3C)c2n1. The first-order valence-electron chi connectivity index (χ1n) is 6.94. The first-order chi connectivity index (χ1) is 10.9. The van der Waals surface area contributed by atoms with Crippen LogP contribution in [0.3, 0.4) is 0 Å². The number of rotatable bonds is 3. The van der Waals surface area contributed by atoms with Crippen LogP contribution in [0.25, 0.3) is 10.9 Å². The Bertz CT molecular complexity index is 1000. The summed E-state index contributed by atoms with van der Waals surface area (Å²) >= 11 is 5.91. The van der Waals surface area contributed by atoms with Crippen LogP contribution in [0.4, 0.5) is 0 Å². The zero-order valence-electron chi connectivity index (χ0n) is 12.6. The van der Waals surface area contributed by atoms with Crippen molar-refractivity contribution in [3.63, 3.8) is 0 Å². The van der Waals surface area contributed by atoms with Gasteiger partial charge in [0, 0.05) is 16.1 Å². The fourth-order valence-electron chi connectivity index (χ4n) is 2.29. The first kappa shape index (κ1) is 15.8. The fraction of sp³-hybridized carbons (Fsp3) is 0.118. The number of hydrogen-bond acceptors (Lipinski definition) is 4. The quantitative estimate of drug-likeness (QED) is 0.664. The molecular formula is C17H14ClNO3S. The van der Waals surface area contributed by atoms with Crippen LogP contribution in [0, 0.1) is 13.8 Å². The first-order valence-corrected chi connectivity index (χ1v) is 8.72. The Hall–Kier alpha value is -2.11. The van der Waals surface area contributed by atoms with Crippen LogP contribution >= 0.6 is 11.6 Å². The van der Waals surface area contributed by atoms with Crippen LogP contribution in [0.15, 0.2) is 53.4 Å². The molecule has 0 aliphatic heterocycles. The van der Waals surface area contributed by atoms with Gasteiger partial charge in [-0.25, -0.2) is 4.98 Å². The molecule has 1 heterocycles. The van der Waals surface area contributed by atoms with Crippen molar-refractivity contribution in [3.05, 3.63) is 64.8 Å². The summed E-state index contributed by atoms with van der Waals surface area (Å²) < 4.78 is 30.5. The van der Waals surface area contributed by atoms with Crippen LogP contribution in [-0.4, -0.2) is 13.4 Å². The lowest BCUT2D eigenvalue weighted by molar-refractivity contribution is 0.487. The molecule has 0 atom stereocenters. The highest BCUT2D eigenvalue weighted by atomic mass is 35.5. The van der Waals surface area contributed by atoms with Gasteiger partial charge in [-0.1, -0.05) is 35.9 Å². The lowest BCUT2D eigenvalue weighted by Crippen LogP contribution is -2.11. The van der Waals surface area contributed by atoms with Gasteiger partial charge in [0.2, 0.25) is 0 Å². The average molecular weight is 348 g/mol. The summed E-state index contributed by atoms with van der Waals surface area (Å²) in [4.78, 5) is 4.43. The molecule has 23 heavy (non-hydrogen) atoms. The Balaban J connectivity index is 2.11. The van der Waals surface area contributed by atoms with E-state index in [0.29, 0.717) is 16.1 Å². The Labute approximate surface area is 139 Å². The maximum atomic E-state index is 12.6. The van der Waals surface area contributed by atoms with Gasteiger partial charge < -0.3 is 4.18 Å². The van der Waals surface area contributed by atoms with E-state index in [1.54, 1.807) is 31.2 Å². The topological polar surface area (TPSA) is 56.3 Å². The molecule has 3 aromatic rings. The predicted octanol–water partition coefficient (Wildman–Crippen LogP) is 4.27. The van der Waals surface area contributed by atoms with Crippen molar-refractivity contribution in [2.75, 3.05) is 0 Å². The van der Waals surface area contributed by atoms with E-state index in [-0.39, 0.29) is 10.6 Å². The molecule has 0 bridgehead atoms. The number of para-hydroxylation sites is 1. The third kappa shape index (κ3) is 3.16. The zero-order chi connectivity index (χ0) is 16.6. The van der Waals surface area contributed by atoms with Gasteiger partial charge in [0.15, 0.2) is 5.75 Å². The Kier molecular flexibility index (Phi) is 4.00. The van der Waals surface area contributed by atoms with Crippen molar-refractivity contribution < 1.29 is 12.6 Å². The average Bonchev–Trinajstić information content (AvgIpc) is 2.50. The van der Waals surface area contributed by atoms with E-state index < -0.39 is 10.1 Å². The molecule has 0 N–H and O–H groups in total. The van der Waals surface area contributed by atoms with Gasteiger partial charge in [-0.3, -0.25) is 0 Å². The second-order valence-corrected chi connectivity index (χ2v) is 7.18. The summed E-state index contributed by atoms with van der Waals surface area (Å²) in [7, 11) is -4.00. The molecule has 0 aliphatic carbocycles. The highest BCUT2D eigenvalue weighted by molar-refractivity contribution is 7.87. The molecule has 6 heteroatoms. The smallest absolute Gasteiger partial charge is 0.339 e. The number of halogens is 1. The number of hydrogen-bond donors (Lipinski definition) is 0. The highest BCUT2D eigenvalue weighted by Crippen LogP contribution is 2.29. The van der Waals surface area contributed by atoms with E-state index in [2.05, 4.69) is 4.98 Å². The van der Waals surface area contributed by atoms with Crippen molar-refractivity contribution in [1.82, 2.24) is 4.98 Å². The minimum Gasteiger partial charge on any atom is -0.377 e. The molecule has 118 valence electrons. The molecule has 0 fully saturated rings. The lowest BCUT2D eigenvalue weighted by Gasteiger charge is -2.11. The molecule has 0 aliphatic rings.